The van der Waals surface area contributed by atoms with Gasteiger partial charge < -0.3 is 20.3 Å². The first-order valence-electron chi connectivity index (χ1n) is 8.45. The summed E-state index contributed by atoms with van der Waals surface area (Å²) in [6.07, 6.45) is 1.57. The summed E-state index contributed by atoms with van der Waals surface area (Å²) in [4.78, 5) is 12.5. The van der Waals surface area contributed by atoms with Crippen LogP contribution < -0.4 is 15.9 Å². The van der Waals surface area contributed by atoms with Crippen LogP contribution in [-0.4, -0.2) is 32.6 Å². The van der Waals surface area contributed by atoms with E-state index in [4.69, 9.17) is 15.0 Å². The molecule has 0 saturated heterocycles. The molecule has 0 aliphatic heterocycles. The molecule has 1 amide bonds. The summed E-state index contributed by atoms with van der Waals surface area (Å²) in [6.45, 7) is 6.12. The van der Waals surface area contributed by atoms with Crippen molar-refractivity contribution in [3.8, 4) is 17.1 Å². The summed E-state index contributed by atoms with van der Waals surface area (Å²) in [5.41, 5.74) is 1.46. The maximum absolute atomic E-state index is 12.5. The Labute approximate surface area is 161 Å². The summed E-state index contributed by atoms with van der Waals surface area (Å²) in [5.74, 6) is 7.88. The van der Waals surface area contributed by atoms with Gasteiger partial charge in [0, 0.05) is 5.69 Å². The number of carbonyl (C=O) groups is 1. The summed E-state index contributed by atoms with van der Waals surface area (Å²) in [6, 6.07) is 9.00. The van der Waals surface area contributed by atoms with Crippen molar-refractivity contribution in [3.63, 3.8) is 0 Å². The van der Waals surface area contributed by atoms with Gasteiger partial charge in [0.15, 0.2) is 5.82 Å². The number of hydrogen-bond donors (Lipinski definition) is 2. The highest BCUT2D eigenvalue weighted by atomic mass is 32.2. The van der Waals surface area contributed by atoms with E-state index in [0.29, 0.717) is 29.0 Å². The quantitative estimate of drug-likeness (QED) is 0.474. The van der Waals surface area contributed by atoms with Gasteiger partial charge in [0.2, 0.25) is 11.1 Å². The molecule has 0 aliphatic carbocycles. The fraction of sp³-hybridized carbons (Fsp3) is 0.278. The summed E-state index contributed by atoms with van der Waals surface area (Å²) in [5, 5.41) is 11.1. The van der Waals surface area contributed by atoms with Gasteiger partial charge in [-0.15, -0.1) is 10.2 Å². The van der Waals surface area contributed by atoms with Gasteiger partial charge in [-0.1, -0.05) is 11.8 Å². The van der Waals surface area contributed by atoms with Gasteiger partial charge in [0.05, 0.1) is 23.7 Å². The van der Waals surface area contributed by atoms with Crippen molar-refractivity contribution >= 4 is 23.4 Å². The van der Waals surface area contributed by atoms with Crippen LogP contribution >= 0.6 is 11.8 Å². The van der Waals surface area contributed by atoms with E-state index in [1.807, 2.05) is 26.0 Å². The molecule has 0 bridgehead atoms. The number of aryl methyl sites for hydroxylation is 1. The number of aromatic nitrogens is 3. The number of nitrogens with zero attached hydrogens (tertiary/aromatic N) is 3. The lowest BCUT2D eigenvalue weighted by atomic mass is 10.2. The summed E-state index contributed by atoms with van der Waals surface area (Å²) in [7, 11) is 0. The second-order valence-corrected chi connectivity index (χ2v) is 7.08. The van der Waals surface area contributed by atoms with Crippen LogP contribution in [0.2, 0.25) is 0 Å². The molecule has 0 fully saturated rings. The van der Waals surface area contributed by atoms with Gasteiger partial charge in [-0.25, -0.2) is 4.68 Å². The maximum Gasteiger partial charge on any atom is 0.237 e. The van der Waals surface area contributed by atoms with E-state index in [0.717, 1.165) is 11.3 Å². The molecule has 3 rings (SSSR count). The Morgan fingerprint density at radius 1 is 1.33 bits per heavy atom. The third-order valence-corrected chi connectivity index (χ3v) is 4.91. The van der Waals surface area contributed by atoms with Crippen LogP contribution in [0.15, 0.2) is 46.2 Å². The fourth-order valence-corrected chi connectivity index (χ4v) is 3.18. The normalized spacial score (nSPS) is 12.0. The minimum Gasteiger partial charge on any atom is -0.494 e. The molecule has 27 heavy (non-hydrogen) atoms. The molecule has 0 saturated carbocycles. The molecule has 2 heterocycles. The van der Waals surface area contributed by atoms with E-state index < -0.39 is 5.25 Å². The zero-order chi connectivity index (χ0) is 19.4. The molecule has 0 aliphatic rings. The number of nitrogens with two attached hydrogens (primary N) is 1. The molecular weight excluding hydrogens is 366 g/mol. The number of benzene rings is 1. The van der Waals surface area contributed by atoms with Gasteiger partial charge in [-0.05, 0) is 51.1 Å². The van der Waals surface area contributed by atoms with E-state index >= 15 is 0 Å². The number of rotatable bonds is 7. The van der Waals surface area contributed by atoms with E-state index in [1.165, 1.54) is 16.4 Å². The Bertz CT molecular complexity index is 919. The van der Waals surface area contributed by atoms with Crippen molar-refractivity contribution in [1.29, 1.82) is 0 Å². The standard InChI is InChI=1S/C18H21N5O3S/c1-4-25-14-7-5-13(6-8-14)20-17(24)12(3)27-18-22-21-16(23(18)19)15-9-10-26-11(15)2/h5-10,12H,4,19H2,1-3H3,(H,20,24). The number of furan rings is 1. The van der Waals surface area contributed by atoms with Crippen molar-refractivity contribution in [3.05, 3.63) is 42.4 Å². The molecule has 8 nitrogen and oxygen atoms in total. The van der Waals surface area contributed by atoms with Gasteiger partial charge in [-0.2, -0.15) is 0 Å². The SMILES string of the molecule is CCOc1ccc(NC(=O)C(C)Sc2nnc(-c3ccoc3C)n2N)cc1. The lowest BCUT2D eigenvalue weighted by Crippen LogP contribution is -2.23. The second kappa shape index (κ2) is 8.17. The fourth-order valence-electron chi connectivity index (χ4n) is 2.41. The van der Waals surface area contributed by atoms with Gasteiger partial charge in [-0.3, -0.25) is 4.79 Å². The van der Waals surface area contributed by atoms with E-state index in [9.17, 15) is 4.79 Å². The Balaban J connectivity index is 1.65. The summed E-state index contributed by atoms with van der Waals surface area (Å²) < 4.78 is 12.0. The molecular formula is C18H21N5O3S. The number of thioether (sulfide) groups is 1. The largest absolute Gasteiger partial charge is 0.494 e. The van der Waals surface area contributed by atoms with Crippen LogP contribution in [0.1, 0.15) is 19.6 Å². The van der Waals surface area contributed by atoms with Gasteiger partial charge in [0.25, 0.3) is 0 Å². The average molecular weight is 387 g/mol. The monoisotopic (exact) mass is 387 g/mol. The van der Waals surface area contributed by atoms with Crippen LogP contribution in [0.3, 0.4) is 0 Å². The van der Waals surface area contributed by atoms with Gasteiger partial charge >= 0.3 is 0 Å². The number of amides is 1. The molecule has 1 unspecified atom stereocenters. The minimum atomic E-state index is -0.415. The van der Waals surface area contributed by atoms with Crippen molar-refractivity contribution in [1.82, 2.24) is 14.9 Å². The first kappa shape index (κ1) is 18.8. The van der Waals surface area contributed by atoms with Gasteiger partial charge in [0.1, 0.15) is 11.5 Å². The molecule has 0 spiro atoms. The highest BCUT2D eigenvalue weighted by molar-refractivity contribution is 8.00. The van der Waals surface area contributed by atoms with Crippen LogP contribution in [0.25, 0.3) is 11.4 Å². The van der Waals surface area contributed by atoms with Crippen molar-refractivity contribution < 1.29 is 13.9 Å². The Morgan fingerprint density at radius 3 is 2.70 bits per heavy atom. The number of hydrogen-bond acceptors (Lipinski definition) is 7. The predicted molar refractivity (Wildman–Crippen MR) is 104 cm³/mol. The molecule has 142 valence electrons. The van der Waals surface area contributed by atoms with Crippen LogP contribution in [0.4, 0.5) is 5.69 Å². The number of ether oxygens (including phenoxy) is 1. The molecule has 3 aromatic rings. The minimum absolute atomic E-state index is 0.159. The van der Waals surface area contributed by atoms with Crippen molar-refractivity contribution in [2.45, 2.75) is 31.2 Å². The number of carbonyl (C=O) groups excluding carboxylic acids is 1. The summed E-state index contributed by atoms with van der Waals surface area (Å²) >= 11 is 1.23. The van der Waals surface area contributed by atoms with Crippen LogP contribution in [-0.2, 0) is 4.79 Å². The number of nitrogen functional groups attached to an aromatic ring is 1. The molecule has 2 aromatic heterocycles. The average Bonchev–Trinajstić information content (AvgIpc) is 3.22. The third kappa shape index (κ3) is 4.25. The van der Waals surface area contributed by atoms with E-state index in [1.54, 1.807) is 31.4 Å². The Hall–Kier alpha value is -2.94. The first-order chi connectivity index (χ1) is 13.0. The molecule has 1 atom stereocenters. The van der Waals surface area contributed by atoms with Crippen molar-refractivity contribution in [2.75, 3.05) is 17.8 Å². The topological polar surface area (TPSA) is 108 Å². The highest BCUT2D eigenvalue weighted by Crippen LogP contribution is 2.27. The lowest BCUT2D eigenvalue weighted by Gasteiger charge is -2.12. The zero-order valence-corrected chi connectivity index (χ0v) is 16.1. The zero-order valence-electron chi connectivity index (χ0n) is 15.3. The molecule has 1 aromatic carbocycles. The van der Waals surface area contributed by atoms with E-state index in [2.05, 4.69) is 15.5 Å². The van der Waals surface area contributed by atoms with Crippen molar-refractivity contribution in [2.24, 2.45) is 0 Å². The maximum atomic E-state index is 12.5. The third-order valence-electron chi connectivity index (χ3n) is 3.85. The lowest BCUT2D eigenvalue weighted by molar-refractivity contribution is -0.115. The number of anilines is 1. The predicted octanol–water partition coefficient (Wildman–Crippen LogP) is 3.08. The number of nitrogens with one attached hydrogen (secondary N) is 1. The smallest absolute Gasteiger partial charge is 0.237 e. The second-order valence-electron chi connectivity index (χ2n) is 5.77. The first-order valence-corrected chi connectivity index (χ1v) is 9.33. The molecule has 0 radical (unpaired) electrons. The molecule has 9 heteroatoms. The van der Waals surface area contributed by atoms with Crippen LogP contribution in [0.5, 0.6) is 5.75 Å². The van der Waals surface area contributed by atoms with E-state index in [-0.39, 0.29) is 5.91 Å². The Morgan fingerprint density at radius 2 is 2.07 bits per heavy atom. The Kier molecular flexibility index (Phi) is 5.70. The highest BCUT2D eigenvalue weighted by Gasteiger charge is 2.21. The van der Waals surface area contributed by atoms with Crippen LogP contribution in [0, 0.1) is 6.92 Å². The molecule has 3 N–H and O–H groups in total.